The molecule has 0 bridgehead atoms. The van der Waals surface area contributed by atoms with E-state index in [0.29, 0.717) is 12.3 Å². The number of hydrogen-bond donors (Lipinski definition) is 2. The molecule has 0 aromatic rings. The van der Waals surface area contributed by atoms with Gasteiger partial charge in [0.15, 0.2) is 0 Å². The molecule has 0 radical (unpaired) electrons. The van der Waals surface area contributed by atoms with Gasteiger partial charge in [-0.3, -0.25) is 4.79 Å². The number of hydrogen-bond acceptors (Lipinski definition) is 3. The summed E-state index contributed by atoms with van der Waals surface area (Å²) >= 11 is 0. The fourth-order valence-corrected chi connectivity index (χ4v) is 0.976. The van der Waals surface area contributed by atoms with E-state index < -0.39 is 0 Å². The van der Waals surface area contributed by atoms with E-state index in [4.69, 9.17) is 10.5 Å². The lowest BCUT2D eigenvalue weighted by Crippen LogP contribution is -2.23. The Morgan fingerprint density at radius 1 is 1.43 bits per heavy atom. The van der Waals surface area contributed by atoms with Crippen molar-refractivity contribution in [3.05, 3.63) is 0 Å². The summed E-state index contributed by atoms with van der Waals surface area (Å²) in [5.41, 5.74) is 5.00. The van der Waals surface area contributed by atoms with Crippen LogP contribution in [0.25, 0.3) is 0 Å². The Labute approximate surface area is 86.2 Å². The summed E-state index contributed by atoms with van der Waals surface area (Å²) in [4.78, 5) is 10.4. The zero-order chi connectivity index (χ0) is 10.8. The van der Waals surface area contributed by atoms with Gasteiger partial charge in [-0.25, -0.2) is 0 Å². The molecule has 0 heterocycles. The van der Waals surface area contributed by atoms with Crippen molar-refractivity contribution < 1.29 is 9.53 Å². The van der Waals surface area contributed by atoms with Crippen molar-refractivity contribution in [2.24, 2.45) is 11.7 Å². The molecule has 0 atom stereocenters. The molecule has 0 aliphatic heterocycles. The molecule has 0 fully saturated rings. The third kappa shape index (κ3) is 11.4. The Balaban J connectivity index is 2.96. The van der Waals surface area contributed by atoms with Crippen LogP contribution < -0.4 is 11.1 Å². The quantitative estimate of drug-likeness (QED) is 0.536. The number of carbonyl (C=O) groups is 1. The van der Waals surface area contributed by atoms with Crippen LogP contribution >= 0.6 is 0 Å². The minimum absolute atomic E-state index is 0.233. The smallest absolute Gasteiger partial charge is 0.217 e. The van der Waals surface area contributed by atoms with Crippen molar-refractivity contribution in [1.82, 2.24) is 5.32 Å². The molecule has 4 nitrogen and oxygen atoms in total. The summed E-state index contributed by atoms with van der Waals surface area (Å²) in [6, 6.07) is 0. The fraction of sp³-hybridized carbons (Fsp3) is 0.900. The summed E-state index contributed by atoms with van der Waals surface area (Å²) in [7, 11) is 0. The van der Waals surface area contributed by atoms with Crippen molar-refractivity contribution in [2.45, 2.75) is 26.7 Å². The molecule has 0 saturated carbocycles. The van der Waals surface area contributed by atoms with Gasteiger partial charge in [0.2, 0.25) is 5.91 Å². The molecule has 0 rings (SSSR count). The second kappa shape index (κ2) is 8.97. The van der Waals surface area contributed by atoms with Gasteiger partial charge in [0.05, 0.1) is 6.61 Å². The highest BCUT2D eigenvalue weighted by Gasteiger charge is 1.95. The van der Waals surface area contributed by atoms with E-state index in [1.807, 2.05) is 0 Å². The Bertz CT molecular complexity index is 149. The average molecular weight is 202 g/mol. The van der Waals surface area contributed by atoms with Crippen LogP contribution in [0.4, 0.5) is 0 Å². The van der Waals surface area contributed by atoms with Crippen LogP contribution in [0.2, 0.25) is 0 Å². The summed E-state index contributed by atoms with van der Waals surface area (Å²) in [5, 5.41) is 3.18. The maximum Gasteiger partial charge on any atom is 0.217 e. The van der Waals surface area contributed by atoms with E-state index in [1.54, 1.807) is 0 Å². The monoisotopic (exact) mass is 202 g/mol. The van der Waals surface area contributed by atoms with E-state index in [9.17, 15) is 4.79 Å². The summed E-state index contributed by atoms with van der Waals surface area (Å²) < 4.78 is 5.37. The highest BCUT2D eigenvalue weighted by atomic mass is 16.5. The van der Waals surface area contributed by atoms with Crippen LogP contribution in [0.3, 0.4) is 0 Å². The zero-order valence-electron chi connectivity index (χ0n) is 9.21. The number of ether oxygens (including phenoxy) is 1. The maximum atomic E-state index is 10.4. The van der Waals surface area contributed by atoms with Crippen molar-refractivity contribution in [3.8, 4) is 0 Å². The first-order valence-electron chi connectivity index (χ1n) is 5.19. The Morgan fingerprint density at radius 3 is 2.71 bits per heavy atom. The molecule has 84 valence electrons. The fourth-order valence-electron chi connectivity index (χ4n) is 0.976. The minimum Gasteiger partial charge on any atom is -0.380 e. The van der Waals surface area contributed by atoms with Crippen LogP contribution in [0.1, 0.15) is 26.7 Å². The standard InChI is InChI=1S/C10H22N2O2/c1-9(2)8-14-7-6-12-5-3-4-10(11)13/h9,12H,3-8H2,1-2H3,(H2,11,13). The number of primary amides is 1. The second-order valence-electron chi connectivity index (χ2n) is 3.79. The van der Waals surface area contributed by atoms with Gasteiger partial charge in [-0.2, -0.15) is 0 Å². The number of amides is 1. The molecule has 3 N–H and O–H groups in total. The summed E-state index contributed by atoms with van der Waals surface area (Å²) in [5.74, 6) is 0.354. The lowest BCUT2D eigenvalue weighted by molar-refractivity contribution is -0.118. The Kier molecular flexibility index (Phi) is 8.57. The van der Waals surface area contributed by atoms with Gasteiger partial charge in [0, 0.05) is 19.6 Å². The first-order chi connectivity index (χ1) is 6.63. The molecular formula is C10H22N2O2. The predicted octanol–water partition coefficient (Wildman–Crippen LogP) is 0.514. The highest BCUT2D eigenvalue weighted by Crippen LogP contribution is 1.91. The van der Waals surface area contributed by atoms with Crippen LogP contribution in [0.5, 0.6) is 0 Å². The van der Waals surface area contributed by atoms with E-state index in [0.717, 1.165) is 32.7 Å². The van der Waals surface area contributed by atoms with Gasteiger partial charge in [0.1, 0.15) is 0 Å². The predicted molar refractivity (Wildman–Crippen MR) is 57.0 cm³/mol. The van der Waals surface area contributed by atoms with Crippen LogP contribution in [0.15, 0.2) is 0 Å². The molecule has 1 amide bonds. The normalized spacial score (nSPS) is 10.8. The van der Waals surface area contributed by atoms with Crippen molar-refractivity contribution in [1.29, 1.82) is 0 Å². The number of carbonyl (C=O) groups excluding carboxylic acids is 1. The summed E-state index contributed by atoms with van der Waals surface area (Å²) in [6.45, 7) is 7.46. The zero-order valence-corrected chi connectivity index (χ0v) is 9.21. The molecule has 14 heavy (non-hydrogen) atoms. The summed E-state index contributed by atoms with van der Waals surface area (Å²) in [6.07, 6.45) is 1.26. The number of nitrogens with one attached hydrogen (secondary N) is 1. The molecule has 0 spiro atoms. The third-order valence-electron chi connectivity index (χ3n) is 1.65. The Morgan fingerprint density at radius 2 is 2.14 bits per heavy atom. The molecule has 4 heteroatoms. The van der Waals surface area contributed by atoms with E-state index >= 15 is 0 Å². The van der Waals surface area contributed by atoms with Gasteiger partial charge in [-0.1, -0.05) is 13.8 Å². The second-order valence-corrected chi connectivity index (χ2v) is 3.79. The maximum absolute atomic E-state index is 10.4. The van der Waals surface area contributed by atoms with Crippen LogP contribution in [-0.4, -0.2) is 32.2 Å². The lowest BCUT2D eigenvalue weighted by Gasteiger charge is -2.07. The Hall–Kier alpha value is -0.610. The minimum atomic E-state index is -0.233. The van der Waals surface area contributed by atoms with Crippen molar-refractivity contribution >= 4 is 5.91 Å². The van der Waals surface area contributed by atoms with E-state index in [1.165, 1.54) is 0 Å². The molecule has 0 aliphatic carbocycles. The van der Waals surface area contributed by atoms with Gasteiger partial charge in [-0.15, -0.1) is 0 Å². The molecule has 0 saturated heterocycles. The number of rotatable bonds is 9. The lowest BCUT2D eigenvalue weighted by atomic mass is 10.2. The van der Waals surface area contributed by atoms with Gasteiger partial charge >= 0.3 is 0 Å². The molecule has 0 aromatic heterocycles. The van der Waals surface area contributed by atoms with Gasteiger partial charge in [0.25, 0.3) is 0 Å². The van der Waals surface area contributed by atoms with Crippen molar-refractivity contribution in [2.75, 3.05) is 26.3 Å². The van der Waals surface area contributed by atoms with Crippen LogP contribution in [-0.2, 0) is 9.53 Å². The first-order valence-corrected chi connectivity index (χ1v) is 5.19. The molecule has 0 unspecified atom stereocenters. The van der Waals surface area contributed by atoms with E-state index in [-0.39, 0.29) is 5.91 Å². The molecule has 0 aliphatic rings. The average Bonchev–Trinajstić information content (AvgIpc) is 2.08. The third-order valence-corrected chi connectivity index (χ3v) is 1.65. The topological polar surface area (TPSA) is 64.3 Å². The number of nitrogens with two attached hydrogens (primary N) is 1. The van der Waals surface area contributed by atoms with Gasteiger partial charge < -0.3 is 15.8 Å². The highest BCUT2D eigenvalue weighted by molar-refractivity contribution is 5.73. The SMILES string of the molecule is CC(C)COCCNCCCC(N)=O. The largest absolute Gasteiger partial charge is 0.380 e. The molecule has 0 aromatic carbocycles. The van der Waals surface area contributed by atoms with Crippen molar-refractivity contribution in [3.63, 3.8) is 0 Å². The first kappa shape index (κ1) is 13.4. The molecular weight excluding hydrogens is 180 g/mol. The van der Waals surface area contributed by atoms with Crippen LogP contribution in [0, 0.1) is 5.92 Å². The van der Waals surface area contributed by atoms with Gasteiger partial charge in [-0.05, 0) is 18.9 Å². The van der Waals surface area contributed by atoms with E-state index in [2.05, 4.69) is 19.2 Å².